The fraction of sp³-hybridized carbons (Fsp3) is 0.381. The van der Waals surface area contributed by atoms with Crippen molar-refractivity contribution in [1.29, 1.82) is 0 Å². The number of allylic oxidation sites excluding steroid dienone is 5. The van der Waals surface area contributed by atoms with E-state index in [-0.39, 0.29) is 30.4 Å². The molecule has 1 unspecified atom stereocenters. The molecule has 2 aliphatic heterocycles. The number of ether oxygens (including phenoxy) is 4. The highest BCUT2D eigenvalue weighted by Crippen LogP contribution is 2.52. The quantitative estimate of drug-likeness (QED) is 0.167. The second kappa shape index (κ2) is 15.1. The van der Waals surface area contributed by atoms with Gasteiger partial charge in [0.15, 0.2) is 0 Å². The van der Waals surface area contributed by atoms with Gasteiger partial charge in [-0.05, 0) is 105 Å². The zero-order valence-electron chi connectivity index (χ0n) is 32.6. The lowest BCUT2D eigenvalue weighted by Gasteiger charge is -2.36. The Labute approximate surface area is 318 Å². The standard InChI is InChI=1S/C42H46N4O9/c1-20-24(11-14-36(48)52-6)31-18-32-25(12-15-37(49)53-7)21(2)29(44-32)17-33-27-13-10-26(40(50)54-8)39(41(51)55-9)42(27,5)35(46-33)19-34-38(23(4)47)22(3)30(45-34)16-28(20)43-31/h10,13,16-19,23,39,44-45,47H,11-12,14-15H2,1-9H3/t23?,39-,42-/m1/s1. The van der Waals surface area contributed by atoms with E-state index in [0.29, 0.717) is 68.8 Å². The molecular formula is C42H46N4O9. The first-order valence-electron chi connectivity index (χ1n) is 18.0. The minimum Gasteiger partial charge on any atom is -0.469 e. The van der Waals surface area contributed by atoms with Crippen molar-refractivity contribution in [3.8, 4) is 0 Å². The summed E-state index contributed by atoms with van der Waals surface area (Å²) < 4.78 is 20.4. The number of hydrogen-bond acceptors (Lipinski definition) is 11. The molecule has 3 N–H and O–H groups in total. The van der Waals surface area contributed by atoms with Crippen LogP contribution in [-0.4, -0.2) is 77.4 Å². The van der Waals surface area contributed by atoms with Gasteiger partial charge in [0, 0.05) is 40.5 Å². The Bertz CT molecular complexity index is 2390. The monoisotopic (exact) mass is 750 g/mol. The molecule has 13 heteroatoms. The first kappa shape index (κ1) is 38.9. The Morgan fingerprint density at radius 1 is 0.764 bits per heavy atom. The van der Waals surface area contributed by atoms with Gasteiger partial charge in [-0.15, -0.1) is 0 Å². The van der Waals surface area contributed by atoms with Crippen LogP contribution < -0.4 is 0 Å². The number of methoxy groups -OCH3 is 4. The Balaban J connectivity index is 1.77. The largest absolute Gasteiger partial charge is 0.469 e. The first-order chi connectivity index (χ1) is 26.2. The van der Waals surface area contributed by atoms with E-state index in [0.717, 1.165) is 27.8 Å². The van der Waals surface area contributed by atoms with Gasteiger partial charge in [-0.2, -0.15) is 0 Å². The van der Waals surface area contributed by atoms with E-state index >= 15 is 0 Å². The molecule has 8 bridgehead atoms. The molecule has 0 spiro atoms. The van der Waals surface area contributed by atoms with E-state index in [1.54, 1.807) is 19.1 Å². The van der Waals surface area contributed by atoms with Gasteiger partial charge in [-0.25, -0.2) is 9.78 Å². The number of hydrogen-bond donors (Lipinski definition) is 3. The number of carbonyl (C=O) groups is 4. The van der Waals surface area contributed by atoms with Crippen LogP contribution in [0.3, 0.4) is 0 Å². The van der Waals surface area contributed by atoms with Gasteiger partial charge in [0.05, 0.1) is 68.3 Å². The molecule has 5 heterocycles. The fourth-order valence-corrected chi connectivity index (χ4v) is 8.06. The van der Waals surface area contributed by atoms with Crippen LogP contribution in [-0.2, 0) is 50.0 Å². The summed E-state index contributed by atoms with van der Waals surface area (Å²) in [4.78, 5) is 68.8. The van der Waals surface area contributed by atoms with Crippen molar-refractivity contribution < 1.29 is 43.2 Å². The van der Waals surface area contributed by atoms with Crippen molar-refractivity contribution in [3.63, 3.8) is 0 Å². The van der Waals surface area contributed by atoms with Crippen LogP contribution in [0, 0.1) is 19.8 Å². The number of nitrogens with zero attached hydrogens (tertiary/aromatic N) is 2. The molecule has 288 valence electrons. The SMILES string of the molecule is COC(=O)CCC1=C(C)c2cc3[nH]c(cc4nc(cc5[nH]c(cc1n2)c(CCC(=O)OC)c5C)C1=CC=C(C(=O)OC)[C@H](C(=O)OC)[C@]14C)c(C(C)O)c3C. The first-order valence-corrected chi connectivity index (χ1v) is 18.0. The molecular weight excluding hydrogens is 704 g/mol. The number of aliphatic hydroxyl groups is 1. The van der Waals surface area contributed by atoms with E-state index in [1.807, 2.05) is 52.0 Å². The lowest BCUT2D eigenvalue weighted by molar-refractivity contribution is -0.149. The number of H-pyrrole nitrogens is 2. The maximum Gasteiger partial charge on any atom is 0.334 e. The number of rotatable bonds is 9. The van der Waals surface area contributed by atoms with Gasteiger partial charge in [0.25, 0.3) is 0 Å². The van der Waals surface area contributed by atoms with Crippen molar-refractivity contribution in [1.82, 2.24) is 19.9 Å². The highest BCUT2D eigenvalue weighted by Gasteiger charge is 2.53. The molecule has 1 aliphatic carbocycles. The second-order valence-corrected chi connectivity index (χ2v) is 14.2. The highest BCUT2D eigenvalue weighted by atomic mass is 16.5. The normalized spacial score (nSPS) is 18.2. The summed E-state index contributed by atoms with van der Waals surface area (Å²) in [7, 11) is 5.25. The summed E-state index contributed by atoms with van der Waals surface area (Å²) in [5.74, 6) is -3.13. The molecule has 0 fully saturated rings. The third kappa shape index (κ3) is 6.77. The minimum atomic E-state index is -1.21. The minimum absolute atomic E-state index is 0.121. The number of aromatic amines is 2. The van der Waals surface area contributed by atoms with Crippen molar-refractivity contribution in [2.75, 3.05) is 28.4 Å². The Hall–Kier alpha value is -5.82. The Morgan fingerprint density at radius 2 is 1.38 bits per heavy atom. The molecule has 13 nitrogen and oxygen atoms in total. The van der Waals surface area contributed by atoms with Crippen LogP contribution in [0.4, 0.5) is 0 Å². The molecule has 0 radical (unpaired) electrons. The van der Waals surface area contributed by atoms with E-state index in [1.165, 1.54) is 28.4 Å². The van der Waals surface area contributed by atoms with Crippen molar-refractivity contribution >= 4 is 62.7 Å². The average Bonchev–Trinajstić information content (AvgIpc) is 3.82. The van der Waals surface area contributed by atoms with E-state index in [4.69, 9.17) is 28.9 Å². The molecule has 3 atom stereocenters. The van der Waals surface area contributed by atoms with Crippen LogP contribution in [0.5, 0.6) is 0 Å². The zero-order valence-corrected chi connectivity index (χ0v) is 32.6. The summed E-state index contributed by atoms with van der Waals surface area (Å²) in [6.07, 6.45) is 3.49. The van der Waals surface area contributed by atoms with Crippen LogP contribution in [0.15, 0.2) is 42.0 Å². The fourth-order valence-electron chi connectivity index (χ4n) is 8.06. The molecule has 3 aromatic heterocycles. The lowest BCUT2D eigenvalue weighted by Crippen LogP contribution is -2.42. The summed E-state index contributed by atoms with van der Waals surface area (Å²) in [5.41, 5.74) is 9.42. The molecule has 0 saturated carbocycles. The average molecular weight is 751 g/mol. The highest BCUT2D eigenvalue weighted by molar-refractivity contribution is 6.02. The number of aromatic nitrogens is 4. The number of esters is 4. The summed E-state index contributed by atoms with van der Waals surface area (Å²) >= 11 is 0. The maximum absolute atomic E-state index is 13.7. The van der Waals surface area contributed by atoms with Crippen molar-refractivity contribution in [2.45, 2.75) is 71.8 Å². The number of aryl methyl sites for hydroxylation is 3. The summed E-state index contributed by atoms with van der Waals surface area (Å²) in [6, 6.07) is 7.54. The predicted molar refractivity (Wildman–Crippen MR) is 206 cm³/mol. The van der Waals surface area contributed by atoms with Crippen molar-refractivity contribution in [3.05, 3.63) is 87.0 Å². The van der Waals surface area contributed by atoms with Crippen molar-refractivity contribution in [2.24, 2.45) is 5.92 Å². The maximum atomic E-state index is 13.7. The number of carbonyl (C=O) groups excluding carboxylic acids is 4. The molecule has 55 heavy (non-hydrogen) atoms. The van der Waals surface area contributed by atoms with Gasteiger partial charge >= 0.3 is 23.9 Å². The number of aliphatic hydroxyl groups excluding tert-OH is 1. The smallest absolute Gasteiger partial charge is 0.334 e. The topological polar surface area (TPSA) is 183 Å². The van der Waals surface area contributed by atoms with Gasteiger partial charge in [-0.1, -0.05) is 12.2 Å². The van der Waals surface area contributed by atoms with Gasteiger partial charge in [0.2, 0.25) is 0 Å². The van der Waals surface area contributed by atoms with E-state index in [2.05, 4.69) is 9.97 Å². The van der Waals surface area contributed by atoms with Crippen LogP contribution in [0.2, 0.25) is 0 Å². The molecule has 0 aromatic carbocycles. The molecule has 3 aliphatic rings. The molecule has 0 saturated heterocycles. The molecule has 6 rings (SSSR count). The van der Waals surface area contributed by atoms with E-state index < -0.39 is 29.4 Å². The second-order valence-electron chi connectivity index (χ2n) is 14.2. The van der Waals surface area contributed by atoms with Crippen LogP contribution >= 0.6 is 0 Å². The van der Waals surface area contributed by atoms with E-state index in [9.17, 15) is 24.3 Å². The van der Waals surface area contributed by atoms with Crippen LogP contribution in [0.25, 0.3) is 38.8 Å². The Morgan fingerprint density at radius 3 is 2.02 bits per heavy atom. The zero-order chi connectivity index (χ0) is 39.9. The predicted octanol–water partition coefficient (Wildman–Crippen LogP) is 6.22. The summed E-state index contributed by atoms with van der Waals surface area (Å²) in [5, 5.41) is 11.1. The number of fused-ring (bicyclic) bond motifs is 11. The third-order valence-corrected chi connectivity index (χ3v) is 11.1. The van der Waals surface area contributed by atoms with Crippen LogP contribution in [0.1, 0.15) is 91.2 Å². The third-order valence-electron chi connectivity index (χ3n) is 11.1. The lowest BCUT2D eigenvalue weighted by atomic mass is 9.64. The summed E-state index contributed by atoms with van der Waals surface area (Å²) in [6.45, 7) is 9.34. The van der Waals surface area contributed by atoms with Gasteiger partial charge in [0.1, 0.15) is 5.92 Å². The Kier molecular flexibility index (Phi) is 10.7. The molecule has 0 amide bonds. The number of nitrogens with one attached hydrogen (secondary N) is 2. The molecule has 3 aromatic rings. The van der Waals surface area contributed by atoms with Gasteiger partial charge in [-0.3, -0.25) is 19.4 Å². The van der Waals surface area contributed by atoms with Gasteiger partial charge < -0.3 is 34.0 Å².